The normalized spacial score (nSPS) is 12.1. The molecule has 0 saturated heterocycles. The van der Waals surface area contributed by atoms with Gasteiger partial charge in [0.1, 0.15) is 0 Å². The molecule has 0 atom stereocenters. The van der Waals surface area contributed by atoms with E-state index in [4.69, 9.17) is 0 Å². The van der Waals surface area contributed by atoms with Gasteiger partial charge in [0.2, 0.25) is 0 Å². The lowest BCUT2D eigenvalue weighted by molar-refractivity contribution is 1.44. The molecule has 0 radical (unpaired) electrons. The number of thiophene rings is 1. The van der Waals surface area contributed by atoms with Crippen LogP contribution < -0.4 is 0 Å². The molecule has 0 bridgehead atoms. The minimum absolute atomic E-state index is 1.27. The largest absolute Gasteiger partial charge is 0.354 e. The average Bonchev–Trinajstić information content (AvgIpc) is 3.08. The molecule has 5 aromatic rings. The lowest BCUT2D eigenvalue weighted by Crippen LogP contribution is -1.77. The van der Waals surface area contributed by atoms with Crippen LogP contribution in [-0.2, 0) is 0 Å². The zero-order valence-electron chi connectivity index (χ0n) is 12.5. The van der Waals surface area contributed by atoms with E-state index in [1.807, 2.05) is 11.3 Å². The maximum absolute atomic E-state index is 3.66. The molecule has 2 heterocycles. The van der Waals surface area contributed by atoms with E-state index in [-0.39, 0.29) is 0 Å². The van der Waals surface area contributed by atoms with Crippen molar-refractivity contribution >= 4 is 53.3 Å². The molecule has 1 N–H and O–H groups in total. The lowest BCUT2D eigenvalue weighted by Gasteiger charge is -1.99. The smallest absolute Gasteiger partial charge is 0.0509 e. The second-order valence-corrected chi connectivity index (χ2v) is 7.07. The number of aryl methyl sites for hydroxylation is 2. The highest BCUT2D eigenvalue weighted by Crippen LogP contribution is 2.41. The minimum Gasteiger partial charge on any atom is -0.354 e. The van der Waals surface area contributed by atoms with Gasteiger partial charge in [0, 0.05) is 36.5 Å². The average molecular weight is 301 g/mol. The quantitative estimate of drug-likeness (QED) is 0.345. The fraction of sp³-hybridized carbons (Fsp3) is 0.100. The van der Waals surface area contributed by atoms with Gasteiger partial charge in [-0.1, -0.05) is 36.4 Å². The van der Waals surface area contributed by atoms with Crippen molar-refractivity contribution in [3.05, 3.63) is 59.7 Å². The van der Waals surface area contributed by atoms with Crippen LogP contribution in [0.3, 0.4) is 0 Å². The predicted octanol–water partition coefficient (Wildman–Crippen LogP) is 6.31. The third-order valence-corrected chi connectivity index (χ3v) is 6.03. The van der Waals surface area contributed by atoms with Crippen LogP contribution in [0.25, 0.3) is 42.0 Å². The van der Waals surface area contributed by atoms with E-state index >= 15 is 0 Å². The number of rotatable bonds is 0. The summed E-state index contributed by atoms with van der Waals surface area (Å²) in [7, 11) is 0. The molecule has 2 heteroatoms. The molecule has 0 aliphatic carbocycles. The molecule has 2 aromatic heterocycles. The van der Waals surface area contributed by atoms with Crippen LogP contribution in [0.4, 0.5) is 0 Å². The van der Waals surface area contributed by atoms with Crippen LogP contribution >= 0.6 is 11.3 Å². The molecular formula is C20H15NS. The van der Waals surface area contributed by atoms with Crippen LogP contribution in [0.15, 0.2) is 48.5 Å². The van der Waals surface area contributed by atoms with Crippen LogP contribution in [0, 0.1) is 13.8 Å². The SMILES string of the molecule is Cc1cccc2c1[nH]c1c(C)c3sc4ccccc4c3cc12. The molecule has 1 nitrogen and oxygen atoms in total. The van der Waals surface area contributed by atoms with Gasteiger partial charge >= 0.3 is 0 Å². The van der Waals surface area contributed by atoms with Crippen molar-refractivity contribution in [2.24, 2.45) is 0 Å². The fourth-order valence-corrected chi connectivity index (χ4v) is 4.76. The second-order valence-electron chi connectivity index (χ2n) is 6.02. The van der Waals surface area contributed by atoms with Gasteiger partial charge in [-0.25, -0.2) is 0 Å². The number of para-hydroxylation sites is 1. The molecule has 0 saturated carbocycles. The summed E-state index contributed by atoms with van der Waals surface area (Å²) >= 11 is 1.90. The van der Waals surface area contributed by atoms with Crippen LogP contribution in [-0.4, -0.2) is 4.98 Å². The number of benzene rings is 3. The van der Waals surface area contributed by atoms with Crippen molar-refractivity contribution < 1.29 is 0 Å². The Morgan fingerprint density at radius 3 is 2.50 bits per heavy atom. The second kappa shape index (κ2) is 4.11. The van der Waals surface area contributed by atoms with Gasteiger partial charge in [0.05, 0.1) is 5.52 Å². The Hall–Kier alpha value is -2.32. The number of hydrogen-bond acceptors (Lipinski definition) is 1. The monoisotopic (exact) mass is 301 g/mol. The Bertz CT molecular complexity index is 1190. The summed E-state index contributed by atoms with van der Waals surface area (Å²) in [5.41, 5.74) is 5.22. The highest BCUT2D eigenvalue weighted by Gasteiger charge is 2.14. The molecule has 0 aliphatic heterocycles. The third kappa shape index (κ3) is 1.43. The molecule has 106 valence electrons. The van der Waals surface area contributed by atoms with E-state index < -0.39 is 0 Å². The van der Waals surface area contributed by atoms with Gasteiger partial charge in [0.15, 0.2) is 0 Å². The summed E-state index contributed by atoms with van der Waals surface area (Å²) in [6.07, 6.45) is 0. The Morgan fingerprint density at radius 2 is 1.59 bits per heavy atom. The van der Waals surface area contributed by atoms with Crippen LogP contribution in [0.2, 0.25) is 0 Å². The van der Waals surface area contributed by atoms with Crippen molar-refractivity contribution in [3.63, 3.8) is 0 Å². The molecule has 0 amide bonds. The summed E-state index contributed by atoms with van der Waals surface area (Å²) in [6.45, 7) is 4.41. The summed E-state index contributed by atoms with van der Waals surface area (Å²) in [6, 6.07) is 17.6. The first-order valence-electron chi connectivity index (χ1n) is 7.56. The van der Waals surface area contributed by atoms with E-state index in [1.54, 1.807) is 0 Å². The van der Waals surface area contributed by atoms with Gasteiger partial charge in [-0.3, -0.25) is 0 Å². The zero-order chi connectivity index (χ0) is 14.8. The maximum Gasteiger partial charge on any atom is 0.0509 e. The number of hydrogen-bond donors (Lipinski definition) is 1. The first kappa shape index (κ1) is 12.2. The summed E-state index contributed by atoms with van der Waals surface area (Å²) in [4.78, 5) is 3.66. The molecule has 0 aliphatic rings. The molecular weight excluding hydrogens is 286 g/mol. The van der Waals surface area contributed by atoms with Gasteiger partial charge in [0.25, 0.3) is 0 Å². The molecule has 0 spiro atoms. The first-order valence-corrected chi connectivity index (χ1v) is 8.37. The van der Waals surface area contributed by atoms with Crippen molar-refractivity contribution in [1.82, 2.24) is 4.98 Å². The Kier molecular flexibility index (Phi) is 2.29. The van der Waals surface area contributed by atoms with Crippen LogP contribution in [0.1, 0.15) is 11.1 Å². The number of fused-ring (bicyclic) bond motifs is 6. The van der Waals surface area contributed by atoms with Crippen molar-refractivity contribution in [1.29, 1.82) is 0 Å². The lowest BCUT2D eigenvalue weighted by atomic mass is 10.0. The minimum atomic E-state index is 1.27. The first-order chi connectivity index (χ1) is 10.7. The van der Waals surface area contributed by atoms with Crippen molar-refractivity contribution in [2.75, 3.05) is 0 Å². The van der Waals surface area contributed by atoms with E-state index in [0.717, 1.165) is 0 Å². The number of nitrogens with one attached hydrogen (secondary N) is 1. The molecule has 0 fully saturated rings. The predicted molar refractivity (Wildman–Crippen MR) is 98.2 cm³/mol. The fourth-order valence-electron chi connectivity index (χ4n) is 3.58. The number of aromatic nitrogens is 1. The standard InChI is InChI=1S/C20H15NS/c1-11-6-5-8-14-15-10-16-13-7-3-4-9-17(13)22-20(16)12(2)19(15)21-18(11)14/h3-10,21H,1-2H3. The van der Waals surface area contributed by atoms with Crippen molar-refractivity contribution in [2.45, 2.75) is 13.8 Å². The number of aromatic amines is 1. The van der Waals surface area contributed by atoms with Gasteiger partial charge in [-0.2, -0.15) is 0 Å². The molecule has 5 rings (SSSR count). The topological polar surface area (TPSA) is 15.8 Å². The molecule has 22 heavy (non-hydrogen) atoms. The van der Waals surface area contributed by atoms with Gasteiger partial charge in [-0.05, 0) is 37.1 Å². The Balaban J connectivity index is 2.09. The van der Waals surface area contributed by atoms with E-state index in [9.17, 15) is 0 Å². The molecule has 0 unspecified atom stereocenters. The highest BCUT2D eigenvalue weighted by molar-refractivity contribution is 7.26. The summed E-state index contributed by atoms with van der Waals surface area (Å²) in [5.74, 6) is 0. The van der Waals surface area contributed by atoms with E-state index in [0.29, 0.717) is 0 Å². The Labute approximate surface area is 132 Å². The van der Waals surface area contributed by atoms with Gasteiger partial charge in [-0.15, -0.1) is 11.3 Å². The number of H-pyrrole nitrogens is 1. The van der Waals surface area contributed by atoms with Gasteiger partial charge < -0.3 is 4.98 Å². The van der Waals surface area contributed by atoms with E-state index in [2.05, 4.69) is 67.4 Å². The summed E-state index contributed by atoms with van der Waals surface area (Å²) < 4.78 is 2.77. The Morgan fingerprint density at radius 1 is 0.773 bits per heavy atom. The summed E-state index contributed by atoms with van der Waals surface area (Å²) in [5, 5.41) is 5.42. The maximum atomic E-state index is 3.66. The van der Waals surface area contributed by atoms with E-state index in [1.165, 1.54) is 53.1 Å². The zero-order valence-corrected chi connectivity index (χ0v) is 13.3. The third-order valence-electron chi connectivity index (χ3n) is 4.72. The molecule has 3 aromatic carbocycles. The van der Waals surface area contributed by atoms with Crippen LogP contribution in [0.5, 0.6) is 0 Å². The highest BCUT2D eigenvalue weighted by atomic mass is 32.1. The van der Waals surface area contributed by atoms with Crippen molar-refractivity contribution in [3.8, 4) is 0 Å².